The predicted molar refractivity (Wildman–Crippen MR) is 121 cm³/mol. The Hall–Kier alpha value is -2.83. The topological polar surface area (TPSA) is 70.6 Å². The Labute approximate surface area is 184 Å². The van der Waals surface area contributed by atoms with Gasteiger partial charge in [0.1, 0.15) is 5.82 Å². The minimum absolute atomic E-state index is 0.0480. The molecule has 7 nitrogen and oxygen atoms in total. The molecule has 0 spiro atoms. The van der Waals surface area contributed by atoms with E-state index in [1.54, 1.807) is 7.11 Å². The van der Waals surface area contributed by atoms with Gasteiger partial charge in [-0.3, -0.25) is 0 Å². The molecular formula is C24H33N5O2. The number of nitrogens with zero attached hydrogens (tertiary/aromatic N) is 4. The monoisotopic (exact) mass is 423 g/mol. The van der Waals surface area contributed by atoms with Crippen molar-refractivity contribution in [2.24, 2.45) is 5.92 Å². The van der Waals surface area contributed by atoms with Crippen molar-refractivity contribution in [3.63, 3.8) is 0 Å². The lowest BCUT2D eigenvalue weighted by Crippen LogP contribution is -2.35. The third kappa shape index (κ3) is 5.46. The van der Waals surface area contributed by atoms with Crippen LogP contribution in [-0.2, 0) is 6.42 Å². The molecule has 2 aromatic heterocycles. The number of amides is 2. The molecule has 2 aromatic rings. The van der Waals surface area contributed by atoms with Crippen molar-refractivity contribution in [2.75, 3.05) is 38.6 Å². The number of carbonyl (C=O) groups excluding carboxylic acids is 1. The molecule has 1 aliphatic carbocycles. The number of aromatic nitrogens is 2. The van der Waals surface area contributed by atoms with Crippen LogP contribution in [0.5, 0.6) is 5.88 Å². The Bertz CT molecular complexity index is 869. The largest absolute Gasteiger partial charge is 0.481 e. The number of hydrogen-bond donors (Lipinski definition) is 1. The second-order valence-electron chi connectivity index (χ2n) is 8.46. The van der Waals surface area contributed by atoms with E-state index in [2.05, 4.69) is 29.4 Å². The summed E-state index contributed by atoms with van der Waals surface area (Å²) in [5.41, 5.74) is 2.14. The number of urea groups is 1. The average Bonchev–Trinajstić information content (AvgIpc) is 3.57. The molecule has 2 amide bonds. The number of pyridine rings is 2. The first-order valence-corrected chi connectivity index (χ1v) is 11.4. The van der Waals surface area contributed by atoms with E-state index in [-0.39, 0.29) is 12.1 Å². The van der Waals surface area contributed by atoms with Gasteiger partial charge in [-0.15, -0.1) is 0 Å². The summed E-state index contributed by atoms with van der Waals surface area (Å²) in [4.78, 5) is 26.0. The molecule has 1 unspecified atom stereocenters. The fraction of sp³-hybridized carbons (Fsp3) is 0.542. The molecule has 1 atom stereocenters. The van der Waals surface area contributed by atoms with Gasteiger partial charge in [0.15, 0.2) is 0 Å². The van der Waals surface area contributed by atoms with E-state index in [0.717, 1.165) is 68.4 Å². The molecule has 2 aliphatic rings. The lowest BCUT2D eigenvalue weighted by molar-refractivity contribution is 0.175. The maximum atomic E-state index is 13.0. The minimum atomic E-state index is 0.0480. The summed E-state index contributed by atoms with van der Waals surface area (Å²) in [6.07, 6.45) is 7.14. The molecule has 3 heterocycles. The molecule has 31 heavy (non-hydrogen) atoms. The van der Waals surface area contributed by atoms with E-state index in [9.17, 15) is 4.79 Å². The first kappa shape index (κ1) is 21.4. The SMILES string of the molecule is CCC(c1ccc(OC)nc1)N1CCN(CCCc2cccc(NCC3CC3)n2)C1=O. The minimum Gasteiger partial charge on any atom is -0.481 e. The number of anilines is 1. The van der Waals surface area contributed by atoms with Crippen LogP contribution in [0, 0.1) is 5.92 Å². The van der Waals surface area contributed by atoms with E-state index in [0.29, 0.717) is 5.88 Å². The molecule has 2 fully saturated rings. The summed E-state index contributed by atoms with van der Waals surface area (Å²) in [5, 5.41) is 3.44. The molecule has 1 N–H and O–H groups in total. The van der Waals surface area contributed by atoms with Crippen LogP contribution in [-0.4, -0.2) is 59.1 Å². The number of hydrogen-bond acceptors (Lipinski definition) is 5. The van der Waals surface area contributed by atoms with Crippen LogP contribution in [0.15, 0.2) is 36.5 Å². The third-order valence-corrected chi connectivity index (χ3v) is 6.18. The Balaban J connectivity index is 1.28. The second kappa shape index (κ2) is 9.98. The van der Waals surface area contributed by atoms with Gasteiger partial charge in [-0.1, -0.05) is 19.1 Å². The Morgan fingerprint density at radius 2 is 2.10 bits per heavy atom. The van der Waals surface area contributed by atoms with Crippen molar-refractivity contribution in [3.8, 4) is 5.88 Å². The van der Waals surface area contributed by atoms with Crippen LogP contribution in [0.3, 0.4) is 0 Å². The highest BCUT2D eigenvalue weighted by Crippen LogP contribution is 2.29. The molecule has 166 valence electrons. The van der Waals surface area contributed by atoms with Gasteiger partial charge in [-0.25, -0.2) is 14.8 Å². The van der Waals surface area contributed by atoms with Crippen LogP contribution < -0.4 is 10.1 Å². The van der Waals surface area contributed by atoms with Crippen LogP contribution in [0.1, 0.15) is 49.9 Å². The number of carbonyl (C=O) groups is 1. The Morgan fingerprint density at radius 1 is 1.23 bits per heavy atom. The maximum absolute atomic E-state index is 13.0. The van der Waals surface area contributed by atoms with Crippen LogP contribution in [0.25, 0.3) is 0 Å². The molecular weight excluding hydrogens is 390 g/mol. The van der Waals surface area contributed by atoms with Gasteiger partial charge >= 0.3 is 6.03 Å². The van der Waals surface area contributed by atoms with E-state index in [4.69, 9.17) is 9.72 Å². The van der Waals surface area contributed by atoms with Gasteiger partial charge in [-0.2, -0.15) is 0 Å². The third-order valence-electron chi connectivity index (χ3n) is 6.18. The molecule has 1 aliphatic heterocycles. The van der Waals surface area contributed by atoms with E-state index >= 15 is 0 Å². The zero-order valence-electron chi connectivity index (χ0n) is 18.6. The smallest absolute Gasteiger partial charge is 0.320 e. The molecule has 1 saturated carbocycles. The van der Waals surface area contributed by atoms with E-state index in [1.807, 2.05) is 34.2 Å². The zero-order chi connectivity index (χ0) is 21.6. The summed E-state index contributed by atoms with van der Waals surface area (Å²) in [6, 6.07) is 10.2. The van der Waals surface area contributed by atoms with Gasteiger partial charge in [0, 0.05) is 44.1 Å². The highest BCUT2D eigenvalue weighted by Gasteiger charge is 2.33. The molecule has 0 bridgehead atoms. The van der Waals surface area contributed by atoms with Gasteiger partial charge in [0.25, 0.3) is 0 Å². The number of methoxy groups -OCH3 is 1. The molecule has 0 aromatic carbocycles. The number of ether oxygens (including phenoxy) is 1. The van der Waals surface area contributed by atoms with Crippen LogP contribution in [0.2, 0.25) is 0 Å². The van der Waals surface area contributed by atoms with Gasteiger partial charge in [-0.05, 0) is 55.7 Å². The lowest BCUT2D eigenvalue weighted by atomic mass is 10.1. The predicted octanol–water partition coefficient (Wildman–Crippen LogP) is 4.13. The average molecular weight is 424 g/mol. The standard InChI is InChI=1S/C24H33N5O2/c1-3-21(19-11-12-23(31-2)26-17-19)29-15-14-28(24(29)30)13-5-7-20-6-4-8-22(27-20)25-16-18-9-10-18/h4,6,8,11-12,17-18,21H,3,5,7,9-10,13-16H2,1-2H3,(H,25,27). The van der Waals surface area contributed by atoms with E-state index < -0.39 is 0 Å². The second-order valence-corrected chi connectivity index (χ2v) is 8.46. The summed E-state index contributed by atoms with van der Waals surface area (Å²) in [6.45, 7) is 5.42. The molecule has 7 heteroatoms. The van der Waals surface area contributed by atoms with Gasteiger partial charge < -0.3 is 19.9 Å². The van der Waals surface area contributed by atoms with Crippen molar-refractivity contribution in [3.05, 3.63) is 47.8 Å². The fourth-order valence-corrected chi connectivity index (χ4v) is 4.18. The fourth-order valence-electron chi connectivity index (χ4n) is 4.18. The summed E-state index contributed by atoms with van der Waals surface area (Å²) < 4.78 is 5.15. The van der Waals surface area contributed by atoms with Crippen LogP contribution >= 0.6 is 0 Å². The van der Waals surface area contributed by atoms with E-state index in [1.165, 1.54) is 12.8 Å². The van der Waals surface area contributed by atoms with Gasteiger partial charge in [0.2, 0.25) is 5.88 Å². The van der Waals surface area contributed by atoms with Crippen LogP contribution in [0.4, 0.5) is 10.6 Å². The summed E-state index contributed by atoms with van der Waals surface area (Å²) in [7, 11) is 1.61. The Morgan fingerprint density at radius 3 is 2.81 bits per heavy atom. The lowest BCUT2D eigenvalue weighted by Gasteiger charge is -2.27. The quantitative estimate of drug-likeness (QED) is 0.588. The normalized spacial score (nSPS) is 17.2. The molecule has 0 radical (unpaired) electrons. The van der Waals surface area contributed by atoms with Crippen molar-refractivity contribution in [2.45, 2.75) is 45.1 Å². The van der Waals surface area contributed by atoms with Gasteiger partial charge in [0.05, 0.1) is 13.2 Å². The highest BCUT2D eigenvalue weighted by atomic mass is 16.5. The first-order valence-electron chi connectivity index (χ1n) is 11.4. The maximum Gasteiger partial charge on any atom is 0.320 e. The highest BCUT2D eigenvalue weighted by molar-refractivity contribution is 5.77. The number of nitrogens with one attached hydrogen (secondary N) is 1. The zero-order valence-corrected chi connectivity index (χ0v) is 18.6. The molecule has 4 rings (SSSR count). The first-order chi connectivity index (χ1) is 15.2. The van der Waals surface area contributed by atoms with Crippen molar-refractivity contribution in [1.29, 1.82) is 0 Å². The van der Waals surface area contributed by atoms with Crippen molar-refractivity contribution < 1.29 is 9.53 Å². The van der Waals surface area contributed by atoms with Crippen molar-refractivity contribution in [1.82, 2.24) is 19.8 Å². The Kier molecular flexibility index (Phi) is 6.89. The van der Waals surface area contributed by atoms with Crippen molar-refractivity contribution >= 4 is 11.8 Å². The number of aryl methyl sites for hydroxylation is 1. The summed E-state index contributed by atoms with van der Waals surface area (Å²) in [5.74, 6) is 2.38. The number of rotatable bonds is 11. The molecule has 1 saturated heterocycles. The summed E-state index contributed by atoms with van der Waals surface area (Å²) >= 11 is 0.